The number of hydrogen-bond donors (Lipinski definition) is 1. The summed E-state index contributed by atoms with van der Waals surface area (Å²) in [6.07, 6.45) is 2.15. The van der Waals surface area contributed by atoms with Crippen molar-refractivity contribution < 1.29 is 19.0 Å². The van der Waals surface area contributed by atoms with Gasteiger partial charge in [-0.25, -0.2) is 4.39 Å². The van der Waals surface area contributed by atoms with Crippen molar-refractivity contribution in [2.24, 2.45) is 0 Å². The van der Waals surface area contributed by atoms with E-state index in [9.17, 15) is 9.50 Å². The number of rotatable bonds is 4. The number of halogens is 1. The highest BCUT2D eigenvalue weighted by atomic mass is 19.1. The summed E-state index contributed by atoms with van der Waals surface area (Å²) in [6.45, 7) is 3.20. The van der Waals surface area contributed by atoms with E-state index in [1.54, 1.807) is 13.8 Å². The van der Waals surface area contributed by atoms with Crippen LogP contribution in [0, 0.1) is 5.82 Å². The zero-order valence-electron chi connectivity index (χ0n) is 10.3. The minimum absolute atomic E-state index is 0.162. The van der Waals surface area contributed by atoms with Gasteiger partial charge in [0.1, 0.15) is 5.82 Å². The van der Waals surface area contributed by atoms with Crippen LogP contribution in [-0.4, -0.2) is 18.3 Å². The number of methoxy groups -OCH3 is 1. The second-order valence-electron chi connectivity index (χ2n) is 4.86. The Labute approximate surface area is 100 Å². The lowest BCUT2D eigenvalue weighted by atomic mass is 9.96. The Morgan fingerprint density at radius 1 is 1.35 bits per heavy atom. The lowest BCUT2D eigenvalue weighted by molar-refractivity contribution is 0.0733. The predicted molar refractivity (Wildman–Crippen MR) is 61.8 cm³/mol. The molecule has 1 aromatic rings. The molecule has 3 nitrogen and oxygen atoms in total. The maximum atomic E-state index is 13.4. The summed E-state index contributed by atoms with van der Waals surface area (Å²) in [5.41, 5.74) is -0.749. The molecule has 2 rings (SSSR count). The fraction of sp³-hybridized carbons (Fsp3) is 0.538. The van der Waals surface area contributed by atoms with Crippen LogP contribution in [0.1, 0.15) is 32.3 Å². The van der Waals surface area contributed by atoms with E-state index in [-0.39, 0.29) is 6.10 Å². The molecule has 0 aliphatic heterocycles. The molecule has 0 aromatic heterocycles. The fourth-order valence-electron chi connectivity index (χ4n) is 1.65. The maximum Gasteiger partial charge on any atom is 0.167 e. The van der Waals surface area contributed by atoms with Gasteiger partial charge in [0.25, 0.3) is 0 Å². The SMILES string of the molecule is COc1cc(F)cc(C(C)(C)O)c1OC1CC1. The lowest BCUT2D eigenvalue weighted by Gasteiger charge is -2.23. The molecule has 0 heterocycles. The summed E-state index contributed by atoms with van der Waals surface area (Å²) in [5.74, 6) is 0.333. The van der Waals surface area contributed by atoms with Gasteiger partial charge in [-0.1, -0.05) is 0 Å². The quantitative estimate of drug-likeness (QED) is 0.879. The first kappa shape index (κ1) is 12.2. The third kappa shape index (κ3) is 2.69. The average molecular weight is 240 g/mol. The van der Waals surface area contributed by atoms with Gasteiger partial charge in [-0.15, -0.1) is 0 Å². The standard InChI is InChI=1S/C13H17FO3/c1-13(2,15)10-6-8(14)7-11(16-3)12(10)17-9-4-5-9/h6-7,9,15H,4-5H2,1-3H3. The third-order valence-corrected chi connectivity index (χ3v) is 2.71. The number of benzene rings is 1. The molecular formula is C13H17FO3. The summed E-state index contributed by atoms with van der Waals surface area (Å²) in [7, 11) is 1.46. The van der Waals surface area contributed by atoms with Crippen LogP contribution in [0.15, 0.2) is 12.1 Å². The van der Waals surface area contributed by atoms with Gasteiger partial charge in [-0.3, -0.25) is 0 Å². The lowest BCUT2D eigenvalue weighted by Crippen LogP contribution is -2.18. The van der Waals surface area contributed by atoms with Gasteiger partial charge in [0.2, 0.25) is 0 Å². The zero-order valence-corrected chi connectivity index (χ0v) is 10.3. The smallest absolute Gasteiger partial charge is 0.167 e. The van der Waals surface area contributed by atoms with Crippen LogP contribution in [0.5, 0.6) is 11.5 Å². The molecule has 1 aliphatic rings. The van der Waals surface area contributed by atoms with Crippen molar-refractivity contribution in [3.63, 3.8) is 0 Å². The summed E-state index contributed by atoms with van der Waals surface area (Å²) >= 11 is 0. The summed E-state index contributed by atoms with van der Waals surface area (Å²) in [4.78, 5) is 0. The van der Waals surface area contributed by atoms with E-state index in [4.69, 9.17) is 9.47 Å². The highest BCUT2D eigenvalue weighted by molar-refractivity contribution is 5.49. The van der Waals surface area contributed by atoms with Gasteiger partial charge in [-0.2, -0.15) is 0 Å². The molecule has 0 radical (unpaired) electrons. The topological polar surface area (TPSA) is 38.7 Å². The Bertz CT molecular complexity index is 419. The Morgan fingerprint density at radius 2 is 2.00 bits per heavy atom. The molecule has 1 fully saturated rings. The van der Waals surface area contributed by atoms with Crippen molar-refractivity contribution >= 4 is 0 Å². The molecule has 0 spiro atoms. The maximum absolute atomic E-state index is 13.4. The van der Waals surface area contributed by atoms with Crippen LogP contribution in [0.3, 0.4) is 0 Å². The Hall–Kier alpha value is -1.29. The van der Waals surface area contributed by atoms with Crippen LogP contribution in [-0.2, 0) is 5.60 Å². The first-order valence-corrected chi connectivity index (χ1v) is 5.69. The monoisotopic (exact) mass is 240 g/mol. The molecule has 1 saturated carbocycles. The molecule has 0 atom stereocenters. The van der Waals surface area contributed by atoms with E-state index in [0.29, 0.717) is 17.1 Å². The van der Waals surface area contributed by atoms with Crippen molar-refractivity contribution in [3.8, 4) is 11.5 Å². The minimum atomic E-state index is -1.17. The molecular weight excluding hydrogens is 223 g/mol. The van der Waals surface area contributed by atoms with E-state index in [2.05, 4.69) is 0 Å². The van der Waals surface area contributed by atoms with Gasteiger partial charge in [0.15, 0.2) is 11.5 Å². The summed E-state index contributed by atoms with van der Waals surface area (Å²) < 4.78 is 24.3. The highest BCUT2D eigenvalue weighted by Gasteiger charge is 2.30. The van der Waals surface area contributed by atoms with E-state index in [0.717, 1.165) is 12.8 Å². The second-order valence-corrected chi connectivity index (χ2v) is 4.86. The first-order chi connectivity index (χ1) is 7.91. The van der Waals surface area contributed by atoms with Crippen molar-refractivity contribution in [2.75, 3.05) is 7.11 Å². The number of aliphatic hydroxyl groups is 1. The second kappa shape index (κ2) is 4.18. The van der Waals surface area contributed by atoms with Crippen molar-refractivity contribution in [3.05, 3.63) is 23.5 Å². The van der Waals surface area contributed by atoms with E-state index in [1.165, 1.54) is 19.2 Å². The molecule has 1 aromatic carbocycles. The third-order valence-electron chi connectivity index (χ3n) is 2.71. The van der Waals surface area contributed by atoms with Crippen LogP contribution in [0.2, 0.25) is 0 Å². The number of ether oxygens (including phenoxy) is 2. The normalized spacial score (nSPS) is 15.8. The molecule has 0 bridgehead atoms. The van der Waals surface area contributed by atoms with Crippen LogP contribution >= 0.6 is 0 Å². The fourth-order valence-corrected chi connectivity index (χ4v) is 1.65. The van der Waals surface area contributed by atoms with Crippen LogP contribution in [0.25, 0.3) is 0 Å². The predicted octanol–water partition coefficient (Wildman–Crippen LogP) is 2.60. The largest absolute Gasteiger partial charge is 0.493 e. The molecule has 0 saturated heterocycles. The van der Waals surface area contributed by atoms with Crippen LogP contribution in [0.4, 0.5) is 4.39 Å². The first-order valence-electron chi connectivity index (χ1n) is 5.69. The van der Waals surface area contributed by atoms with Gasteiger partial charge in [-0.05, 0) is 32.8 Å². The summed E-state index contributed by atoms with van der Waals surface area (Å²) in [6, 6.07) is 2.56. The molecule has 1 N–H and O–H groups in total. The molecule has 0 amide bonds. The van der Waals surface area contributed by atoms with Gasteiger partial charge >= 0.3 is 0 Å². The van der Waals surface area contributed by atoms with E-state index in [1.807, 2.05) is 0 Å². The Morgan fingerprint density at radius 3 is 2.47 bits per heavy atom. The summed E-state index contributed by atoms with van der Waals surface area (Å²) in [5, 5.41) is 10.0. The van der Waals surface area contributed by atoms with Gasteiger partial charge in [0.05, 0.1) is 18.8 Å². The molecule has 94 valence electrons. The van der Waals surface area contributed by atoms with E-state index >= 15 is 0 Å². The molecule has 4 heteroatoms. The van der Waals surface area contributed by atoms with Crippen molar-refractivity contribution in [1.29, 1.82) is 0 Å². The van der Waals surface area contributed by atoms with Gasteiger partial charge in [0, 0.05) is 11.6 Å². The van der Waals surface area contributed by atoms with E-state index < -0.39 is 11.4 Å². The Balaban J connectivity index is 2.48. The van der Waals surface area contributed by atoms with Gasteiger partial charge < -0.3 is 14.6 Å². The van der Waals surface area contributed by atoms with Crippen LogP contribution < -0.4 is 9.47 Å². The zero-order chi connectivity index (χ0) is 12.6. The Kier molecular flexibility index (Phi) is 3.00. The molecule has 1 aliphatic carbocycles. The number of hydrogen-bond acceptors (Lipinski definition) is 3. The minimum Gasteiger partial charge on any atom is -0.493 e. The average Bonchev–Trinajstić information content (AvgIpc) is 3.02. The molecule has 0 unspecified atom stereocenters. The van der Waals surface area contributed by atoms with Crippen molar-refractivity contribution in [2.45, 2.75) is 38.4 Å². The van der Waals surface area contributed by atoms with Crippen molar-refractivity contribution in [1.82, 2.24) is 0 Å². The highest BCUT2D eigenvalue weighted by Crippen LogP contribution is 2.41. The molecule has 17 heavy (non-hydrogen) atoms.